The zero-order valence-corrected chi connectivity index (χ0v) is 14.3. The molecule has 1 atom stereocenters. The summed E-state index contributed by atoms with van der Waals surface area (Å²) in [6.45, 7) is 3.10. The van der Waals surface area contributed by atoms with Gasteiger partial charge in [0.05, 0.1) is 20.3 Å². The van der Waals surface area contributed by atoms with Crippen LogP contribution >= 0.6 is 0 Å². The summed E-state index contributed by atoms with van der Waals surface area (Å²) in [5.41, 5.74) is 0.365. The molecular formula is C17H22N2O6. The minimum atomic E-state index is -0.903. The lowest BCUT2D eigenvalue weighted by atomic mass is 10.2. The van der Waals surface area contributed by atoms with Crippen LogP contribution in [0.15, 0.2) is 24.3 Å². The Balaban J connectivity index is 1.79. The van der Waals surface area contributed by atoms with Crippen molar-refractivity contribution >= 4 is 17.8 Å². The summed E-state index contributed by atoms with van der Waals surface area (Å²) in [4.78, 5) is 37.6. The first-order chi connectivity index (χ1) is 12.0. The van der Waals surface area contributed by atoms with Gasteiger partial charge in [-0.05, 0) is 25.1 Å². The lowest BCUT2D eigenvalue weighted by Gasteiger charge is -2.28. The minimum absolute atomic E-state index is 0.268. The Morgan fingerprint density at radius 3 is 2.68 bits per heavy atom. The third-order valence-electron chi connectivity index (χ3n) is 3.70. The molecule has 1 unspecified atom stereocenters. The molecule has 2 amide bonds. The molecule has 8 heteroatoms. The predicted octanol–water partition coefficient (Wildman–Crippen LogP) is 0.216. The molecule has 25 heavy (non-hydrogen) atoms. The second-order valence-electron chi connectivity index (χ2n) is 5.48. The first-order valence-electron chi connectivity index (χ1n) is 7.99. The van der Waals surface area contributed by atoms with Gasteiger partial charge in [0.15, 0.2) is 6.10 Å². The maximum atomic E-state index is 12.2. The summed E-state index contributed by atoms with van der Waals surface area (Å²) >= 11 is 0. The highest BCUT2D eigenvalue weighted by Crippen LogP contribution is 2.12. The summed E-state index contributed by atoms with van der Waals surface area (Å²) in [5, 5.41) is 2.46. The summed E-state index contributed by atoms with van der Waals surface area (Å²) in [7, 11) is 1.50. The smallest absolute Gasteiger partial charge is 0.326 e. The van der Waals surface area contributed by atoms with Gasteiger partial charge in [-0.1, -0.05) is 6.07 Å². The Morgan fingerprint density at radius 1 is 1.28 bits per heavy atom. The highest BCUT2D eigenvalue weighted by Gasteiger charge is 2.25. The summed E-state index contributed by atoms with van der Waals surface area (Å²) in [5.74, 6) is -0.830. The van der Waals surface area contributed by atoms with E-state index in [0.717, 1.165) is 0 Å². The number of hydrogen-bond donors (Lipinski definition) is 1. The summed E-state index contributed by atoms with van der Waals surface area (Å²) < 4.78 is 15.3. The lowest BCUT2D eigenvalue weighted by molar-refractivity contribution is -0.160. The molecule has 0 saturated carbocycles. The monoisotopic (exact) mass is 350 g/mol. The Labute approximate surface area is 146 Å². The number of carbonyl (C=O) groups is 3. The number of methoxy groups -OCH3 is 1. The number of nitrogens with one attached hydrogen (secondary N) is 1. The van der Waals surface area contributed by atoms with E-state index in [0.29, 0.717) is 37.6 Å². The number of benzene rings is 1. The Kier molecular flexibility index (Phi) is 6.76. The summed E-state index contributed by atoms with van der Waals surface area (Å²) in [6.07, 6.45) is -0.903. The van der Waals surface area contributed by atoms with Gasteiger partial charge < -0.3 is 24.4 Å². The van der Waals surface area contributed by atoms with Crippen LogP contribution in [0.25, 0.3) is 0 Å². The quantitative estimate of drug-likeness (QED) is 0.738. The van der Waals surface area contributed by atoms with Crippen molar-refractivity contribution in [2.45, 2.75) is 13.0 Å². The van der Waals surface area contributed by atoms with Crippen LogP contribution < -0.4 is 10.1 Å². The molecule has 1 N–H and O–H groups in total. The van der Waals surface area contributed by atoms with Gasteiger partial charge in [0.1, 0.15) is 12.3 Å². The van der Waals surface area contributed by atoms with Crippen molar-refractivity contribution in [3.8, 4) is 5.75 Å². The average molecular weight is 350 g/mol. The van der Waals surface area contributed by atoms with E-state index in [9.17, 15) is 14.4 Å². The van der Waals surface area contributed by atoms with Crippen LogP contribution in [0.2, 0.25) is 0 Å². The van der Waals surface area contributed by atoms with Gasteiger partial charge in [0.25, 0.3) is 11.8 Å². The highest BCUT2D eigenvalue weighted by molar-refractivity contribution is 5.96. The van der Waals surface area contributed by atoms with Crippen LogP contribution in [0.4, 0.5) is 0 Å². The van der Waals surface area contributed by atoms with Crippen molar-refractivity contribution in [2.75, 3.05) is 40.0 Å². The first-order valence-corrected chi connectivity index (χ1v) is 7.99. The minimum Gasteiger partial charge on any atom is -0.497 e. The standard InChI is InChI=1S/C17H22N2O6/c1-12(17(22)19-6-8-24-9-7-19)25-15(20)11-18-16(21)13-4-3-5-14(10-13)23-2/h3-5,10,12H,6-9,11H2,1-2H3,(H,18,21). The fourth-order valence-corrected chi connectivity index (χ4v) is 2.35. The molecule has 1 aliphatic rings. The van der Waals surface area contributed by atoms with Gasteiger partial charge in [-0.2, -0.15) is 0 Å². The largest absolute Gasteiger partial charge is 0.497 e. The van der Waals surface area contributed by atoms with Gasteiger partial charge in [0, 0.05) is 18.7 Å². The molecule has 0 spiro atoms. The van der Waals surface area contributed by atoms with Gasteiger partial charge >= 0.3 is 5.97 Å². The number of amides is 2. The second kappa shape index (κ2) is 9.03. The van der Waals surface area contributed by atoms with Gasteiger partial charge in [0.2, 0.25) is 0 Å². The Bertz CT molecular complexity index is 627. The molecule has 0 bridgehead atoms. The van der Waals surface area contributed by atoms with E-state index in [1.54, 1.807) is 29.2 Å². The van der Waals surface area contributed by atoms with Crippen LogP contribution in [-0.4, -0.2) is 68.7 Å². The normalized spacial score (nSPS) is 15.2. The van der Waals surface area contributed by atoms with E-state index in [4.69, 9.17) is 14.2 Å². The highest BCUT2D eigenvalue weighted by atomic mass is 16.5. The van der Waals surface area contributed by atoms with Crippen molar-refractivity contribution in [1.29, 1.82) is 0 Å². The molecule has 1 aromatic rings. The zero-order valence-electron chi connectivity index (χ0n) is 14.3. The summed E-state index contributed by atoms with van der Waals surface area (Å²) in [6, 6.07) is 6.55. The van der Waals surface area contributed by atoms with Crippen molar-refractivity contribution in [3.63, 3.8) is 0 Å². The van der Waals surface area contributed by atoms with E-state index in [1.165, 1.54) is 14.0 Å². The average Bonchev–Trinajstić information content (AvgIpc) is 2.66. The van der Waals surface area contributed by atoms with Crippen LogP contribution in [0.5, 0.6) is 5.75 Å². The van der Waals surface area contributed by atoms with Crippen molar-refractivity contribution in [1.82, 2.24) is 10.2 Å². The third-order valence-corrected chi connectivity index (χ3v) is 3.70. The molecule has 0 aliphatic carbocycles. The molecule has 1 saturated heterocycles. The van der Waals surface area contributed by atoms with Gasteiger partial charge in [-0.15, -0.1) is 0 Å². The van der Waals surface area contributed by atoms with Crippen molar-refractivity contribution in [2.24, 2.45) is 0 Å². The number of hydrogen-bond acceptors (Lipinski definition) is 6. The molecule has 1 aromatic carbocycles. The van der Waals surface area contributed by atoms with E-state index in [2.05, 4.69) is 5.32 Å². The molecule has 0 aromatic heterocycles. The van der Waals surface area contributed by atoms with Crippen LogP contribution in [0.3, 0.4) is 0 Å². The maximum absolute atomic E-state index is 12.2. The van der Waals surface area contributed by atoms with E-state index < -0.39 is 18.0 Å². The molecule has 1 fully saturated rings. The van der Waals surface area contributed by atoms with E-state index in [1.807, 2.05) is 0 Å². The first kappa shape index (κ1) is 18.7. The number of morpholine rings is 1. The van der Waals surface area contributed by atoms with Crippen LogP contribution in [0.1, 0.15) is 17.3 Å². The number of rotatable bonds is 6. The number of esters is 1. The fraction of sp³-hybridized carbons (Fsp3) is 0.471. The van der Waals surface area contributed by atoms with E-state index >= 15 is 0 Å². The fourth-order valence-electron chi connectivity index (χ4n) is 2.35. The second-order valence-corrected chi connectivity index (χ2v) is 5.48. The number of ether oxygens (including phenoxy) is 3. The molecule has 2 rings (SSSR count). The molecular weight excluding hydrogens is 328 g/mol. The molecule has 1 heterocycles. The Morgan fingerprint density at radius 2 is 2.00 bits per heavy atom. The molecule has 1 aliphatic heterocycles. The van der Waals surface area contributed by atoms with Gasteiger partial charge in [-0.25, -0.2) is 0 Å². The van der Waals surface area contributed by atoms with Crippen molar-refractivity contribution in [3.05, 3.63) is 29.8 Å². The Hall–Kier alpha value is -2.61. The predicted molar refractivity (Wildman–Crippen MR) is 88.3 cm³/mol. The molecule has 0 radical (unpaired) electrons. The maximum Gasteiger partial charge on any atom is 0.326 e. The lowest BCUT2D eigenvalue weighted by Crippen LogP contribution is -2.46. The SMILES string of the molecule is COc1cccc(C(=O)NCC(=O)OC(C)C(=O)N2CCOCC2)c1. The topological polar surface area (TPSA) is 94.2 Å². The van der Waals surface area contributed by atoms with Crippen LogP contribution in [-0.2, 0) is 19.1 Å². The molecule has 8 nitrogen and oxygen atoms in total. The van der Waals surface area contributed by atoms with Gasteiger partial charge in [-0.3, -0.25) is 14.4 Å². The molecule has 136 valence electrons. The number of nitrogens with zero attached hydrogens (tertiary/aromatic N) is 1. The number of carbonyl (C=O) groups excluding carboxylic acids is 3. The zero-order chi connectivity index (χ0) is 18.2. The third kappa shape index (κ3) is 5.46. The van der Waals surface area contributed by atoms with Crippen LogP contribution in [0, 0.1) is 0 Å². The van der Waals surface area contributed by atoms with Crippen molar-refractivity contribution < 1.29 is 28.6 Å². The van der Waals surface area contributed by atoms with E-state index in [-0.39, 0.29) is 12.5 Å².